The molecule has 0 saturated carbocycles. The fraction of sp³-hybridized carbons (Fsp3) is 0.238. The molecule has 2 amide bonds. The molecule has 0 saturated heterocycles. The Bertz CT molecular complexity index is 839. The van der Waals surface area contributed by atoms with Gasteiger partial charge in [-0.25, -0.2) is 4.79 Å². The summed E-state index contributed by atoms with van der Waals surface area (Å²) in [6, 6.07) is 16.7. The first kappa shape index (κ1) is 21.6. The van der Waals surface area contributed by atoms with Crippen LogP contribution in [0.15, 0.2) is 60.7 Å². The summed E-state index contributed by atoms with van der Waals surface area (Å²) in [5.41, 5.74) is 1.70. The fourth-order valence-corrected chi connectivity index (χ4v) is 2.50. The van der Waals surface area contributed by atoms with Gasteiger partial charge in [0.15, 0.2) is 0 Å². The molecule has 1 atom stereocenters. The number of alkyl carbamates (subject to hydrolysis) is 1. The van der Waals surface area contributed by atoms with Gasteiger partial charge in [-0.05, 0) is 17.5 Å². The number of amides is 2. The Morgan fingerprint density at radius 2 is 1.48 bits per heavy atom. The Balaban J connectivity index is 1.86. The Kier molecular flexibility index (Phi) is 8.37. The summed E-state index contributed by atoms with van der Waals surface area (Å²) in [6.45, 7) is 0.150. The number of hydrogen-bond donors (Lipinski definition) is 3. The van der Waals surface area contributed by atoms with Crippen LogP contribution in [0.3, 0.4) is 0 Å². The number of carboxylic acid groups (broad SMARTS) is 1. The quantitative estimate of drug-likeness (QED) is 0.524. The molecule has 0 fully saturated rings. The topological polar surface area (TPSA) is 122 Å². The maximum atomic E-state index is 12.3. The van der Waals surface area contributed by atoms with Crippen molar-refractivity contribution in [1.82, 2.24) is 10.6 Å². The highest BCUT2D eigenvalue weighted by molar-refractivity contribution is 6.38. The van der Waals surface area contributed by atoms with Crippen LogP contribution in [-0.2, 0) is 32.1 Å². The number of ether oxygens (including phenoxy) is 1. The van der Waals surface area contributed by atoms with E-state index in [2.05, 4.69) is 10.6 Å². The number of carboxylic acids is 1. The normalized spacial score (nSPS) is 11.2. The van der Waals surface area contributed by atoms with Crippen molar-refractivity contribution in [2.45, 2.75) is 25.5 Å². The highest BCUT2D eigenvalue weighted by Crippen LogP contribution is 2.03. The molecule has 0 aromatic heterocycles. The number of ketones is 1. The van der Waals surface area contributed by atoms with E-state index >= 15 is 0 Å². The summed E-state index contributed by atoms with van der Waals surface area (Å²) in [7, 11) is 0. The summed E-state index contributed by atoms with van der Waals surface area (Å²) >= 11 is 0. The molecule has 0 aliphatic rings. The van der Waals surface area contributed by atoms with Crippen LogP contribution in [0.25, 0.3) is 0 Å². The van der Waals surface area contributed by atoms with Gasteiger partial charge in [-0.15, -0.1) is 0 Å². The maximum Gasteiger partial charge on any atom is 0.408 e. The third-order valence-corrected chi connectivity index (χ3v) is 3.97. The second-order valence-electron chi connectivity index (χ2n) is 6.21. The zero-order valence-corrected chi connectivity index (χ0v) is 15.7. The minimum absolute atomic E-state index is 0.0517. The Morgan fingerprint density at radius 1 is 0.897 bits per heavy atom. The third kappa shape index (κ3) is 7.84. The second kappa shape index (κ2) is 11.2. The number of aliphatic carboxylic acids is 1. The van der Waals surface area contributed by atoms with E-state index < -0.39 is 36.2 Å². The van der Waals surface area contributed by atoms with Crippen LogP contribution in [0.2, 0.25) is 0 Å². The zero-order valence-electron chi connectivity index (χ0n) is 15.7. The first-order chi connectivity index (χ1) is 14.0. The number of carbonyl (C=O) groups excluding carboxylic acids is 3. The van der Waals surface area contributed by atoms with Crippen molar-refractivity contribution in [2.24, 2.45) is 0 Å². The van der Waals surface area contributed by atoms with E-state index in [-0.39, 0.29) is 13.2 Å². The van der Waals surface area contributed by atoms with Crippen LogP contribution in [0.4, 0.5) is 4.79 Å². The lowest BCUT2D eigenvalue weighted by Gasteiger charge is -2.15. The van der Waals surface area contributed by atoms with E-state index in [0.29, 0.717) is 6.42 Å². The minimum Gasteiger partial charge on any atom is -0.481 e. The number of benzene rings is 2. The van der Waals surface area contributed by atoms with Gasteiger partial charge in [0.2, 0.25) is 5.78 Å². The minimum atomic E-state index is -1.52. The molecule has 3 N–H and O–H groups in total. The average molecular weight is 398 g/mol. The fourth-order valence-electron chi connectivity index (χ4n) is 2.50. The Morgan fingerprint density at radius 3 is 2.07 bits per heavy atom. The molecule has 2 aromatic rings. The van der Waals surface area contributed by atoms with Crippen LogP contribution >= 0.6 is 0 Å². The molecule has 0 aliphatic carbocycles. The summed E-state index contributed by atoms with van der Waals surface area (Å²) in [5, 5.41) is 13.6. The van der Waals surface area contributed by atoms with Crippen LogP contribution in [-0.4, -0.2) is 41.4 Å². The Hall–Kier alpha value is -3.68. The first-order valence-corrected chi connectivity index (χ1v) is 9.00. The molecule has 0 bridgehead atoms. The largest absolute Gasteiger partial charge is 0.481 e. The SMILES string of the molecule is O=C(O)CC(NC(=O)OCc1ccccc1)C(=O)C(=O)NCCc1ccccc1. The molecule has 0 heterocycles. The summed E-state index contributed by atoms with van der Waals surface area (Å²) < 4.78 is 4.98. The van der Waals surface area contributed by atoms with E-state index in [4.69, 9.17) is 9.84 Å². The van der Waals surface area contributed by atoms with E-state index in [0.717, 1.165) is 11.1 Å². The van der Waals surface area contributed by atoms with Gasteiger partial charge in [-0.3, -0.25) is 14.4 Å². The predicted molar refractivity (Wildman–Crippen MR) is 104 cm³/mol. The first-order valence-electron chi connectivity index (χ1n) is 9.00. The molecule has 2 rings (SSSR count). The number of Topliss-reactive ketones (excluding diaryl/α,β-unsaturated/α-hetero) is 1. The number of carbonyl (C=O) groups is 4. The summed E-state index contributed by atoms with van der Waals surface area (Å²) in [5.74, 6) is -3.34. The van der Waals surface area contributed by atoms with Crippen molar-refractivity contribution < 1.29 is 29.0 Å². The van der Waals surface area contributed by atoms with Crippen molar-refractivity contribution in [3.05, 3.63) is 71.8 Å². The predicted octanol–water partition coefficient (Wildman–Crippen LogP) is 1.68. The second-order valence-corrected chi connectivity index (χ2v) is 6.21. The molecule has 0 spiro atoms. The molecule has 1 unspecified atom stereocenters. The van der Waals surface area contributed by atoms with E-state index in [1.54, 1.807) is 24.3 Å². The lowest BCUT2D eigenvalue weighted by Crippen LogP contribution is -2.48. The zero-order chi connectivity index (χ0) is 21.1. The van der Waals surface area contributed by atoms with Gasteiger partial charge in [-0.2, -0.15) is 0 Å². The highest BCUT2D eigenvalue weighted by Gasteiger charge is 2.29. The Labute approximate surface area is 167 Å². The van der Waals surface area contributed by atoms with Crippen LogP contribution in [0, 0.1) is 0 Å². The van der Waals surface area contributed by atoms with E-state index in [1.165, 1.54) is 0 Å². The molecule has 0 aliphatic heterocycles. The van der Waals surface area contributed by atoms with Gasteiger partial charge in [0.05, 0.1) is 6.42 Å². The molecule has 152 valence electrons. The summed E-state index contributed by atoms with van der Waals surface area (Å²) in [6.07, 6.45) is -1.20. The van der Waals surface area contributed by atoms with Crippen molar-refractivity contribution in [1.29, 1.82) is 0 Å². The standard InChI is InChI=1S/C21H22N2O6/c24-18(25)13-17(23-21(28)29-14-16-9-5-2-6-10-16)19(26)20(27)22-12-11-15-7-3-1-4-8-15/h1-10,17H,11-14H2,(H,22,27)(H,23,28)(H,24,25). The third-order valence-electron chi connectivity index (χ3n) is 3.97. The molecule has 2 aromatic carbocycles. The van der Waals surface area contributed by atoms with Gasteiger partial charge in [-0.1, -0.05) is 60.7 Å². The maximum absolute atomic E-state index is 12.3. The molecule has 0 radical (unpaired) electrons. The molecule has 8 nitrogen and oxygen atoms in total. The van der Waals surface area contributed by atoms with Crippen molar-refractivity contribution >= 4 is 23.8 Å². The molecular weight excluding hydrogens is 376 g/mol. The molecular formula is C21H22N2O6. The number of hydrogen-bond acceptors (Lipinski definition) is 5. The van der Waals surface area contributed by atoms with Gasteiger partial charge < -0.3 is 20.5 Å². The van der Waals surface area contributed by atoms with Crippen molar-refractivity contribution in [3.63, 3.8) is 0 Å². The lowest BCUT2D eigenvalue weighted by molar-refractivity contribution is -0.142. The van der Waals surface area contributed by atoms with Gasteiger partial charge in [0.1, 0.15) is 12.6 Å². The average Bonchev–Trinajstić information content (AvgIpc) is 2.72. The van der Waals surface area contributed by atoms with Crippen LogP contribution in [0.5, 0.6) is 0 Å². The van der Waals surface area contributed by atoms with E-state index in [1.807, 2.05) is 36.4 Å². The number of nitrogens with one attached hydrogen (secondary N) is 2. The lowest BCUT2D eigenvalue weighted by atomic mass is 10.1. The van der Waals surface area contributed by atoms with Crippen molar-refractivity contribution in [2.75, 3.05) is 6.54 Å². The van der Waals surface area contributed by atoms with Gasteiger partial charge in [0.25, 0.3) is 5.91 Å². The molecule has 8 heteroatoms. The highest BCUT2D eigenvalue weighted by atomic mass is 16.5. The van der Waals surface area contributed by atoms with Crippen molar-refractivity contribution in [3.8, 4) is 0 Å². The van der Waals surface area contributed by atoms with E-state index in [9.17, 15) is 19.2 Å². The smallest absolute Gasteiger partial charge is 0.408 e. The van der Waals surface area contributed by atoms with Crippen LogP contribution < -0.4 is 10.6 Å². The van der Waals surface area contributed by atoms with Gasteiger partial charge in [0, 0.05) is 6.54 Å². The molecule has 29 heavy (non-hydrogen) atoms. The van der Waals surface area contributed by atoms with Gasteiger partial charge >= 0.3 is 12.1 Å². The number of rotatable bonds is 10. The summed E-state index contributed by atoms with van der Waals surface area (Å²) in [4.78, 5) is 47.3. The van der Waals surface area contributed by atoms with Crippen LogP contribution in [0.1, 0.15) is 17.5 Å². The monoisotopic (exact) mass is 398 g/mol.